The molecule has 1 aliphatic heterocycles. The summed E-state index contributed by atoms with van der Waals surface area (Å²) in [6.45, 7) is 4.63. The molecule has 0 aromatic rings. The summed E-state index contributed by atoms with van der Waals surface area (Å²) in [5.41, 5.74) is 0. The highest BCUT2D eigenvalue weighted by Crippen LogP contribution is 2.32. The molecule has 0 amide bonds. The zero-order chi connectivity index (χ0) is 5.28. The van der Waals surface area contributed by atoms with Gasteiger partial charge in [-0.2, -0.15) is 11.8 Å². The molecule has 1 aliphatic rings. The van der Waals surface area contributed by atoms with Crippen molar-refractivity contribution < 1.29 is 0 Å². The van der Waals surface area contributed by atoms with Crippen LogP contribution >= 0.6 is 11.8 Å². The Balaban J connectivity index is 2.26. The van der Waals surface area contributed by atoms with Gasteiger partial charge in [-0.15, -0.1) is 0 Å². The molecule has 2 atom stereocenters. The van der Waals surface area contributed by atoms with Crippen LogP contribution < -0.4 is 0 Å². The molecule has 0 nitrogen and oxygen atoms in total. The van der Waals surface area contributed by atoms with E-state index < -0.39 is 0 Å². The molecule has 0 saturated carbocycles. The van der Waals surface area contributed by atoms with Gasteiger partial charge in [0.15, 0.2) is 0 Å². The molecule has 7 heavy (non-hydrogen) atoms. The van der Waals surface area contributed by atoms with Gasteiger partial charge in [0.25, 0.3) is 0 Å². The number of hydrogen-bond acceptors (Lipinski definition) is 1. The first-order chi connectivity index (χ1) is 3.29. The fourth-order valence-electron chi connectivity index (χ4n) is 1.00. The van der Waals surface area contributed by atoms with Crippen molar-refractivity contribution in [1.82, 2.24) is 0 Å². The average molecular weight is 116 g/mol. The van der Waals surface area contributed by atoms with Crippen LogP contribution in [0, 0.1) is 0 Å². The molecule has 0 bridgehead atoms. The molecule has 1 unspecified atom stereocenters. The van der Waals surface area contributed by atoms with Gasteiger partial charge in [-0.25, -0.2) is 0 Å². The molecule has 0 spiro atoms. The van der Waals surface area contributed by atoms with Gasteiger partial charge in [0.1, 0.15) is 0 Å². The highest BCUT2D eigenvalue weighted by Gasteiger charge is 2.16. The normalized spacial score (nSPS) is 42.0. The first kappa shape index (κ1) is 5.49. The van der Waals surface area contributed by atoms with Gasteiger partial charge in [0.05, 0.1) is 0 Å². The molecule has 0 aromatic carbocycles. The Morgan fingerprint density at radius 1 is 1.14 bits per heavy atom. The van der Waals surface area contributed by atoms with Crippen LogP contribution in [0.25, 0.3) is 0 Å². The Morgan fingerprint density at radius 2 is 1.57 bits per heavy atom. The Bertz CT molecular complexity index is 53.2. The molecule has 0 N–H and O–H groups in total. The van der Waals surface area contributed by atoms with E-state index in [1.807, 2.05) is 0 Å². The van der Waals surface area contributed by atoms with Gasteiger partial charge in [-0.3, -0.25) is 0 Å². The Labute approximate surface area is 49.7 Å². The lowest BCUT2D eigenvalue weighted by Crippen LogP contribution is -1.84. The van der Waals surface area contributed by atoms with Crippen LogP contribution in [-0.2, 0) is 0 Å². The third-order valence-electron chi connectivity index (χ3n) is 1.44. The predicted octanol–water partition coefficient (Wildman–Crippen LogP) is 2.29. The Hall–Kier alpha value is 0.350. The third kappa shape index (κ3) is 1.37. The van der Waals surface area contributed by atoms with Crippen LogP contribution in [0.5, 0.6) is 0 Å². The fourth-order valence-corrected chi connectivity index (χ4v) is 2.34. The average Bonchev–Trinajstić information content (AvgIpc) is 1.87. The topological polar surface area (TPSA) is 0 Å². The first-order valence-corrected chi connectivity index (χ1v) is 3.89. The Morgan fingerprint density at radius 3 is 1.71 bits per heavy atom. The molecular weight excluding hydrogens is 104 g/mol. The molecular formula is C6H12S. The first-order valence-electron chi connectivity index (χ1n) is 2.94. The van der Waals surface area contributed by atoms with Gasteiger partial charge < -0.3 is 0 Å². The second kappa shape index (κ2) is 2.08. The van der Waals surface area contributed by atoms with E-state index in [-0.39, 0.29) is 0 Å². The highest BCUT2D eigenvalue weighted by atomic mass is 32.2. The zero-order valence-electron chi connectivity index (χ0n) is 4.98. The minimum Gasteiger partial charge on any atom is -0.156 e. The van der Waals surface area contributed by atoms with Crippen LogP contribution in [0.15, 0.2) is 0 Å². The van der Waals surface area contributed by atoms with Gasteiger partial charge in [0.2, 0.25) is 0 Å². The van der Waals surface area contributed by atoms with Crippen molar-refractivity contribution in [2.75, 3.05) is 0 Å². The van der Waals surface area contributed by atoms with Gasteiger partial charge in [0, 0.05) is 10.5 Å². The van der Waals surface area contributed by atoms with Crippen molar-refractivity contribution in [3.8, 4) is 0 Å². The van der Waals surface area contributed by atoms with Crippen molar-refractivity contribution in [1.29, 1.82) is 0 Å². The van der Waals surface area contributed by atoms with Crippen molar-refractivity contribution >= 4 is 11.8 Å². The molecule has 1 heteroatoms. The molecule has 0 aromatic heterocycles. The van der Waals surface area contributed by atoms with Crippen LogP contribution in [0.4, 0.5) is 0 Å². The summed E-state index contributed by atoms with van der Waals surface area (Å²) < 4.78 is 0. The van der Waals surface area contributed by atoms with Crippen molar-refractivity contribution in [2.24, 2.45) is 0 Å². The molecule has 1 heterocycles. The molecule has 1 rings (SSSR count). The summed E-state index contributed by atoms with van der Waals surface area (Å²) in [7, 11) is 0. The second-order valence-electron chi connectivity index (χ2n) is 2.33. The third-order valence-corrected chi connectivity index (χ3v) is 2.84. The summed E-state index contributed by atoms with van der Waals surface area (Å²) >= 11 is 2.12. The van der Waals surface area contributed by atoms with Crippen LogP contribution in [0.1, 0.15) is 26.7 Å². The standard InChI is InChI=1S/C6H12S/c1-5-3-4-6(2)7-5/h5-6H,3-4H2,1-2H3/t5-,6?/m1/s1. The van der Waals surface area contributed by atoms with Gasteiger partial charge >= 0.3 is 0 Å². The fraction of sp³-hybridized carbons (Fsp3) is 1.00. The number of thioether (sulfide) groups is 1. The van der Waals surface area contributed by atoms with Crippen LogP contribution in [0.2, 0.25) is 0 Å². The van der Waals surface area contributed by atoms with Crippen LogP contribution in [0.3, 0.4) is 0 Å². The summed E-state index contributed by atoms with van der Waals surface area (Å²) in [6.07, 6.45) is 2.87. The van der Waals surface area contributed by atoms with Crippen molar-refractivity contribution in [2.45, 2.75) is 37.2 Å². The van der Waals surface area contributed by atoms with E-state index in [1.54, 1.807) is 0 Å². The van der Waals surface area contributed by atoms with Gasteiger partial charge in [-0.1, -0.05) is 13.8 Å². The predicted molar refractivity (Wildman–Crippen MR) is 35.7 cm³/mol. The molecule has 1 fully saturated rings. The van der Waals surface area contributed by atoms with E-state index in [0.717, 1.165) is 10.5 Å². The van der Waals surface area contributed by atoms with E-state index in [1.165, 1.54) is 12.8 Å². The lowest BCUT2D eigenvalue weighted by Gasteiger charge is -1.97. The summed E-state index contributed by atoms with van der Waals surface area (Å²) in [4.78, 5) is 0. The summed E-state index contributed by atoms with van der Waals surface area (Å²) in [6, 6.07) is 0. The summed E-state index contributed by atoms with van der Waals surface area (Å²) in [5, 5.41) is 1.88. The van der Waals surface area contributed by atoms with E-state index in [0.29, 0.717) is 0 Å². The quantitative estimate of drug-likeness (QED) is 0.468. The largest absolute Gasteiger partial charge is 0.156 e. The molecule has 1 saturated heterocycles. The maximum absolute atomic E-state index is 2.31. The zero-order valence-corrected chi connectivity index (χ0v) is 5.79. The second-order valence-corrected chi connectivity index (χ2v) is 4.22. The lowest BCUT2D eigenvalue weighted by atomic mass is 10.2. The van der Waals surface area contributed by atoms with E-state index in [9.17, 15) is 0 Å². The van der Waals surface area contributed by atoms with E-state index >= 15 is 0 Å². The molecule has 0 aliphatic carbocycles. The maximum Gasteiger partial charge on any atom is 0.00217 e. The number of rotatable bonds is 0. The molecule has 0 radical (unpaired) electrons. The SMILES string of the molecule is CC1CC[C@@H](C)S1. The minimum atomic E-state index is 0.940. The maximum atomic E-state index is 2.31. The van der Waals surface area contributed by atoms with E-state index in [4.69, 9.17) is 0 Å². The van der Waals surface area contributed by atoms with Gasteiger partial charge in [-0.05, 0) is 12.8 Å². The monoisotopic (exact) mass is 116 g/mol. The van der Waals surface area contributed by atoms with Crippen LogP contribution in [-0.4, -0.2) is 10.5 Å². The minimum absolute atomic E-state index is 0.940. The highest BCUT2D eigenvalue weighted by molar-refractivity contribution is 8.00. The Kier molecular flexibility index (Phi) is 1.63. The van der Waals surface area contributed by atoms with Crippen molar-refractivity contribution in [3.05, 3.63) is 0 Å². The van der Waals surface area contributed by atoms with E-state index in [2.05, 4.69) is 25.6 Å². The summed E-state index contributed by atoms with van der Waals surface area (Å²) in [5.74, 6) is 0. The molecule has 42 valence electrons. The number of hydrogen-bond donors (Lipinski definition) is 0. The van der Waals surface area contributed by atoms with Crippen molar-refractivity contribution in [3.63, 3.8) is 0 Å². The smallest absolute Gasteiger partial charge is 0.00217 e. The lowest BCUT2D eigenvalue weighted by molar-refractivity contribution is 0.777.